The SMILES string of the molecule is COc1ccccc1NC(=O)C1=C(C)Nc2ncnn2[C@@H]1c1cccn1C. The molecule has 0 unspecified atom stereocenters. The van der Waals surface area contributed by atoms with Crippen LogP contribution in [0.15, 0.2) is 60.2 Å². The van der Waals surface area contributed by atoms with E-state index in [1.165, 1.54) is 6.33 Å². The second-order valence-corrected chi connectivity index (χ2v) is 6.29. The normalized spacial score (nSPS) is 15.9. The van der Waals surface area contributed by atoms with Gasteiger partial charge in [0.2, 0.25) is 5.95 Å². The van der Waals surface area contributed by atoms with E-state index in [4.69, 9.17) is 4.74 Å². The fourth-order valence-corrected chi connectivity index (χ4v) is 3.35. The summed E-state index contributed by atoms with van der Waals surface area (Å²) in [5.41, 5.74) is 2.85. The predicted octanol–water partition coefficient (Wildman–Crippen LogP) is 2.55. The first kappa shape index (κ1) is 16.9. The number of amides is 1. The van der Waals surface area contributed by atoms with Gasteiger partial charge in [-0.15, -0.1) is 0 Å². The molecule has 0 spiro atoms. The summed E-state index contributed by atoms with van der Waals surface area (Å²) in [6.45, 7) is 1.87. The predicted molar refractivity (Wildman–Crippen MR) is 102 cm³/mol. The zero-order valence-corrected chi connectivity index (χ0v) is 15.3. The van der Waals surface area contributed by atoms with E-state index in [9.17, 15) is 4.79 Å². The summed E-state index contributed by atoms with van der Waals surface area (Å²) in [6.07, 6.45) is 3.42. The lowest BCUT2D eigenvalue weighted by molar-refractivity contribution is -0.113. The van der Waals surface area contributed by atoms with Gasteiger partial charge in [-0.3, -0.25) is 4.79 Å². The van der Waals surface area contributed by atoms with Gasteiger partial charge in [0.1, 0.15) is 18.1 Å². The Labute approximate surface area is 156 Å². The lowest BCUT2D eigenvalue weighted by Crippen LogP contribution is -2.32. The molecule has 0 radical (unpaired) electrons. The first-order chi connectivity index (χ1) is 13.1. The Hall–Kier alpha value is -3.55. The van der Waals surface area contributed by atoms with Gasteiger partial charge in [-0.1, -0.05) is 12.1 Å². The van der Waals surface area contributed by atoms with Gasteiger partial charge in [0.25, 0.3) is 5.91 Å². The van der Waals surface area contributed by atoms with Crippen LogP contribution in [-0.2, 0) is 11.8 Å². The van der Waals surface area contributed by atoms with Crippen LogP contribution in [0.1, 0.15) is 18.7 Å². The van der Waals surface area contributed by atoms with Gasteiger partial charge in [-0.05, 0) is 31.2 Å². The molecule has 4 rings (SSSR count). The molecule has 1 aliphatic rings. The highest BCUT2D eigenvalue weighted by atomic mass is 16.5. The average Bonchev–Trinajstić information content (AvgIpc) is 3.29. The largest absolute Gasteiger partial charge is 0.495 e. The van der Waals surface area contributed by atoms with Gasteiger partial charge < -0.3 is 19.9 Å². The molecule has 0 saturated carbocycles. The summed E-state index contributed by atoms with van der Waals surface area (Å²) in [6, 6.07) is 10.8. The van der Waals surface area contributed by atoms with Gasteiger partial charge >= 0.3 is 0 Å². The number of allylic oxidation sites excluding steroid dienone is 1. The maximum Gasteiger partial charge on any atom is 0.256 e. The molecule has 3 aromatic rings. The Kier molecular flexibility index (Phi) is 4.15. The number of carbonyl (C=O) groups excluding carboxylic acids is 1. The average molecular weight is 364 g/mol. The minimum absolute atomic E-state index is 0.225. The van der Waals surface area contributed by atoms with E-state index in [0.29, 0.717) is 23.0 Å². The van der Waals surface area contributed by atoms with E-state index in [2.05, 4.69) is 20.7 Å². The van der Waals surface area contributed by atoms with Gasteiger partial charge in [0.15, 0.2) is 0 Å². The van der Waals surface area contributed by atoms with Crippen molar-refractivity contribution < 1.29 is 9.53 Å². The number of para-hydroxylation sites is 2. The quantitative estimate of drug-likeness (QED) is 0.743. The molecule has 8 heteroatoms. The van der Waals surface area contributed by atoms with Crippen LogP contribution in [-0.4, -0.2) is 32.3 Å². The number of benzene rings is 1. The van der Waals surface area contributed by atoms with E-state index >= 15 is 0 Å². The zero-order chi connectivity index (χ0) is 19.0. The van der Waals surface area contributed by atoms with Crippen LogP contribution in [0, 0.1) is 0 Å². The summed E-state index contributed by atoms with van der Waals surface area (Å²) in [5, 5.41) is 10.5. The van der Waals surface area contributed by atoms with Crippen LogP contribution in [0.5, 0.6) is 5.75 Å². The van der Waals surface area contributed by atoms with Gasteiger partial charge in [-0.2, -0.15) is 10.1 Å². The number of nitrogens with one attached hydrogen (secondary N) is 2. The molecule has 2 N–H and O–H groups in total. The molecule has 0 aliphatic carbocycles. The number of hydrogen-bond donors (Lipinski definition) is 2. The van der Waals surface area contributed by atoms with E-state index in [1.54, 1.807) is 23.9 Å². The van der Waals surface area contributed by atoms with Crippen LogP contribution >= 0.6 is 0 Å². The van der Waals surface area contributed by atoms with E-state index in [0.717, 1.165) is 11.4 Å². The molecule has 8 nitrogen and oxygen atoms in total. The third kappa shape index (κ3) is 2.84. The number of fused-ring (bicyclic) bond motifs is 1. The highest BCUT2D eigenvalue weighted by Gasteiger charge is 2.34. The molecule has 1 amide bonds. The summed E-state index contributed by atoms with van der Waals surface area (Å²) in [4.78, 5) is 17.5. The number of carbonyl (C=O) groups is 1. The Balaban J connectivity index is 1.77. The van der Waals surface area contributed by atoms with Crippen molar-refractivity contribution in [3.05, 3.63) is 65.9 Å². The third-order valence-corrected chi connectivity index (χ3v) is 4.66. The standard InChI is InChI=1S/C19H20N6O2/c1-12-16(18(26)23-13-7-4-5-9-15(13)27-3)17(14-8-6-10-24(14)2)25-19(22-12)20-11-21-25/h4-11,17H,1-3H3,(H,23,26)(H,20,21,22)/t17-/m1/s1. The number of hydrogen-bond acceptors (Lipinski definition) is 5. The van der Waals surface area contributed by atoms with Crippen molar-refractivity contribution in [2.24, 2.45) is 7.05 Å². The number of methoxy groups -OCH3 is 1. The Morgan fingerprint density at radius 1 is 1.26 bits per heavy atom. The second kappa shape index (κ2) is 6.64. The number of anilines is 2. The molecule has 0 saturated heterocycles. The lowest BCUT2D eigenvalue weighted by Gasteiger charge is -2.29. The molecule has 1 aromatic carbocycles. The summed E-state index contributed by atoms with van der Waals surface area (Å²) >= 11 is 0. The lowest BCUT2D eigenvalue weighted by atomic mass is 9.99. The second-order valence-electron chi connectivity index (χ2n) is 6.29. The Morgan fingerprint density at radius 3 is 2.81 bits per heavy atom. The van der Waals surface area contributed by atoms with Gasteiger partial charge in [0, 0.05) is 24.6 Å². The molecule has 27 heavy (non-hydrogen) atoms. The Morgan fingerprint density at radius 2 is 2.07 bits per heavy atom. The third-order valence-electron chi connectivity index (χ3n) is 4.66. The molecule has 138 valence electrons. The zero-order valence-electron chi connectivity index (χ0n) is 15.3. The fraction of sp³-hybridized carbons (Fsp3) is 0.211. The van der Waals surface area contributed by atoms with E-state index < -0.39 is 6.04 Å². The molecular formula is C19H20N6O2. The van der Waals surface area contributed by atoms with Crippen molar-refractivity contribution >= 4 is 17.5 Å². The van der Waals surface area contributed by atoms with Crippen molar-refractivity contribution in [1.29, 1.82) is 0 Å². The first-order valence-electron chi connectivity index (χ1n) is 8.53. The van der Waals surface area contributed by atoms with Gasteiger partial charge in [0.05, 0.1) is 18.4 Å². The fourth-order valence-electron chi connectivity index (χ4n) is 3.35. The maximum atomic E-state index is 13.3. The van der Waals surface area contributed by atoms with Crippen molar-refractivity contribution in [3.8, 4) is 5.75 Å². The first-order valence-corrected chi connectivity index (χ1v) is 8.53. The van der Waals surface area contributed by atoms with Crippen LogP contribution in [0.25, 0.3) is 0 Å². The summed E-state index contributed by atoms with van der Waals surface area (Å²) < 4.78 is 9.04. The van der Waals surface area contributed by atoms with Crippen LogP contribution in [0.4, 0.5) is 11.6 Å². The number of rotatable bonds is 4. The monoisotopic (exact) mass is 364 g/mol. The van der Waals surface area contributed by atoms with Gasteiger partial charge in [-0.25, -0.2) is 4.68 Å². The summed E-state index contributed by atoms with van der Waals surface area (Å²) in [5.74, 6) is 0.981. The van der Waals surface area contributed by atoms with Crippen molar-refractivity contribution in [3.63, 3.8) is 0 Å². The minimum Gasteiger partial charge on any atom is -0.495 e. The molecule has 1 atom stereocenters. The minimum atomic E-state index is -0.390. The molecule has 2 aromatic heterocycles. The van der Waals surface area contributed by atoms with E-state index in [1.807, 2.05) is 49.0 Å². The number of ether oxygens (including phenoxy) is 1. The smallest absolute Gasteiger partial charge is 0.256 e. The summed E-state index contributed by atoms with van der Waals surface area (Å²) in [7, 11) is 3.52. The number of nitrogens with zero attached hydrogens (tertiary/aromatic N) is 4. The van der Waals surface area contributed by atoms with Crippen molar-refractivity contribution in [2.45, 2.75) is 13.0 Å². The van der Waals surface area contributed by atoms with Crippen LogP contribution < -0.4 is 15.4 Å². The molecule has 1 aliphatic heterocycles. The van der Waals surface area contributed by atoms with E-state index in [-0.39, 0.29) is 5.91 Å². The van der Waals surface area contributed by atoms with Crippen molar-refractivity contribution in [1.82, 2.24) is 19.3 Å². The number of aromatic nitrogens is 4. The molecule has 0 fully saturated rings. The molecule has 0 bridgehead atoms. The number of aryl methyl sites for hydroxylation is 1. The highest BCUT2D eigenvalue weighted by molar-refractivity contribution is 6.06. The Bertz CT molecular complexity index is 1030. The van der Waals surface area contributed by atoms with Crippen LogP contribution in [0.2, 0.25) is 0 Å². The van der Waals surface area contributed by atoms with Crippen LogP contribution in [0.3, 0.4) is 0 Å². The maximum absolute atomic E-state index is 13.3. The highest BCUT2D eigenvalue weighted by Crippen LogP contribution is 2.35. The van der Waals surface area contributed by atoms with Crippen molar-refractivity contribution in [2.75, 3.05) is 17.7 Å². The molecular weight excluding hydrogens is 344 g/mol. The topological polar surface area (TPSA) is 86.0 Å². The molecule has 3 heterocycles.